The Balaban J connectivity index is 2.25. The number of hydrogen-bond acceptors (Lipinski definition) is 4. The number of pyridine rings is 1. The molecule has 0 aliphatic rings. The van der Waals surface area contributed by atoms with E-state index >= 15 is 0 Å². The molecule has 0 fully saturated rings. The third kappa shape index (κ3) is 2.89. The molecule has 7 heteroatoms. The molecule has 136 valence electrons. The van der Waals surface area contributed by atoms with Gasteiger partial charge in [-0.15, -0.1) is 0 Å². The zero-order valence-corrected chi connectivity index (χ0v) is 15.2. The summed E-state index contributed by atoms with van der Waals surface area (Å²) in [5.41, 5.74) is 3.02. The van der Waals surface area contributed by atoms with E-state index in [1.165, 1.54) is 23.8 Å². The van der Waals surface area contributed by atoms with E-state index in [4.69, 9.17) is 0 Å². The van der Waals surface area contributed by atoms with Crippen LogP contribution in [-0.4, -0.2) is 27.4 Å². The van der Waals surface area contributed by atoms with Crippen molar-refractivity contribution in [3.63, 3.8) is 0 Å². The van der Waals surface area contributed by atoms with Crippen LogP contribution in [0.2, 0.25) is 0 Å². The molecule has 0 aliphatic heterocycles. The topological polar surface area (TPSA) is 66.1 Å². The van der Waals surface area contributed by atoms with Gasteiger partial charge in [0.1, 0.15) is 11.5 Å². The third-order valence-corrected chi connectivity index (χ3v) is 4.60. The van der Waals surface area contributed by atoms with Crippen molar-refractivity contribution in [2.75, 3.05) is 7.11 Å². The van der Waals surface area contributed by atoms with Crippen molar-refractivity contribution in [1.29, 1.82) is 0 Å². The Labute approximate surface area is 149 Å². The Morgan fingerprint density at radius 3 is 2.69 bits per heavy atom. The first-order chi connectivity index (χ1) is 12.3. The Morgan fingerprint density at radius 1 is 1.31 bits per heavy atom. The van der Waals surface area contributed by atoms with Crippen LogP contribution in [0.5, 0.6) is 0 Å². The van der Waals surface area contributed by atoms with E-state index < -0.39 is 0 Å². The molecule has 3 aromatic rings. The number of fused-ring (bicyclic) bond motifs is 1. The molecule has 0 spiro atoms. The summed E-state index contributed by atoms with van der Waals surface area (Å²) in [5, 5.41) is 5.34. The van der Waals surface area contributed by atoms with Crippen molar-refractivity contribution >= 4 is 17.0 Å². The van der Waals surface area contributed by atoms with Crippen LogP contribution in [0.4, 0.5) is 4.39 Å². The van der Waals surface area contributed by atoms with Gasteiger partial charge in [0.25, 0.3) is 5.56 Å². The summed E-state index contributed by atoms with van der Waals surface area (Å²) in [6.45, 7) is 3.70. The first kappa shape index (κ1) is 17.8. The minimum Gasteiger partial charge on any atom is -0.469 e. The van der Waals surface area contributed by atoms with Crippen LogP contribution in [0.1, 0.15) is 23.2 Å². The van der Waals surface area contributed by atoms with Crippen molar-refractivity contribution in [2.45, 2.75) is 26.7 Å². The molecule has 0 amide bonds. The summed E-state index contributed by atoms with van der Waals surface area (Å²) in [6, 6.07) is 6.07. The first-order valence-electron chi connectivity index (χ1n) is 8.25. The second-order valence-corrected chi connectivity index (χ2v) is 6.22. The van der Waals surface area contributed by atoms with Gasteiger partial charge in [0.05, 0.1) is 18.5 Å². The lowest BCUT2D eigenvalue weighted by Crippen LogP contribution is -2.25. The standard InChI is InChI=1S/C19H20FN3O3/c1-11-15(8-9-16(24)26-4)19(25)22(3)18-17(11)12(2)21-23(18)14-7-5-6-13(20)10-14/h5-7,10H,8-9H2,1-4H3. The molecule has 3 rings (SSSR count). The number of carbonyl (C=O) groups is 1. The second kappa shape index (κ2) is 6.74. The highest BCUT2D eigenvalue weighted by Crippen LogP contribution is 2.26. The number of hydrogen-bond donors (Lipinski definition) is 0. The number of aryl methyl sites for hydroxylation is 3. The lowest BCUT2D eigenvalue weighted by molar-refractivity contribution is -0.140. The zero-order valence-electron chi connectivity index (χ0n) is 15.2. The van der Waals surface area contributed by atoms with Crippen molar-refractivity contribution < 1.29 is 13.9 Å². The molecule has 0 aliphatic carbocycles. The number of nitrogens with zero attached hydrogens (tertiary/aromatic N) is 3. The van der Waals surface area contributed by atoms with Crippen molar-refractivity contribution in [2.24, 2.45) is 7.05 Å². The molecule has 1 aromatic carbocycles. The van der Waals surface area contributed by atoms with Crippen LogP contribution in [0.15, 0.2) is 29.1 Å². The fraction of sp³-hybridized carbons (Fsp3) is 0.316. The Kier molecular flexibility index (Phi) is 4.63. The van der Waals surface area contributed by atoms with Gasteiger partial charge in [-0.25, -0.2) is 9.07 Å². The number of rotatable bonds is 4. The molecule has 0 radical (unpaired) electrons. The molecule has 0 N–H and O–H groups in total. The number of benzene rings is 1. The largest absolute Gasteiger partial charge is 0.469 e. The van der Waals surface area contributed by atoms with Crippen molar-refractivity contribution in [1.82, 2.24) is 14.3 Å². The fourth-order valence-electron chi connectivity index (χ4n) is 3.29. The number of aromatic nitrogens is 3. The highest BCUT2D eigenvalue weighted by atomic mass is 19.1. The summed E-state index contributed by atoms with van der Waals surface area (Å²) in [4.78, 5) is 24.3. The minimum absolute atomic E-state index is 0.134. The Morgan fingerprint density at radius 2 is 2.04 bits per heavy atom. The smallest absolute Gasteiger partial charge is 0.305 e. The minimum atomic E-state index is -0.375. The van der Waals surface area contributed by atoms with Crippen molar-refractivity contribution in [3.05, 3.63) is 57.3 Å². The Hall–Kier alpha value is -2.96. The van der Waals surface area contributed by atoms with Gasteiger partial charge in [-0.05, 0) is 44.0 Å². The van der Waals surface area contributed by atoms with E-state index in [9.17, 15) is 14.0 Å². The summed E-state index contributed by atoms with van der Waals surface area (Å²) in [5.74, 6) is -0.737. The third-order valence-electron chi connectivity index (χ3n) is 4.60. The van der Waals surface area contributed by atoms with E-state index in [2.05, 4.69) is 9.84 Å². The highest BCUT2D eigenvalue weighted by molar-refractivity contribution is 5.85. The summed E-state index contributed by atoms with van der Waals surface area (Å²) in [7, 11) is 2.98. The number of ether oxygens (including phenoxy) is 1. The molecule has 0 saturated heterocycles. The number of halogens is 1. The van der Waals surface area contributed by atoms with Gasteiger partial charge < -0.3 is 4.74 Å². The lowest BCUT2D eigenvalue weighted by Gasteiger charge is -2.12. The number of carbonyl (C=O) groups excluding carboxylic acids is 1. The van der Waals surface area contributed by atoms with E-state index in [-0.39, 0.29) is 23.8 Å². The average Bonchev–Trinajstić information content (AvgIpc) is 2.97. The van der Waals surface area contributed by atoms with Crippen LogP contribution in [0.3, 0.4) is 0 Å². The molecule has 0 saturated carbocycles. The van der Waals surface area contributed by atoms with Crippen LogP contribution in [-0.2, 0) is 23.0 Å². The predicted octanol–water partition coefficient (Wildman–Crippen LogP) is 2.59. The van der Waals surface area contributed by atoms with Crippen LogP contribution in [0.25, 0.3) is 16.7 Å². The normalized spacial score (nSPS) is 11.1. The molecule has 2 heterocycles. The van der Waals surface area contributed by atoms with E-state index in [0.717, 1.165) is 16.6 Å². The molecule has 0 atom stereocenters. The van der Waals surface area contributed by atoms with Gasteiger partial charge in [-0.1, -0.05) is 6.07 Å². The molecule has 0 unspecified atom stereocenters. The van der Waals surface area contributed by atoms with E-state index in [0.29, 0.717) is 23.3 Å². The van der Waals surface area contributed by atoms with Gasteiger partial charge in [-0.2, -0.15) is 5.10 Å². The van der Waals surface area contributed by atoms with Crippen molar-refractivity contribution in [3.8, 4) is 5.69 Å². The van der Waals surface area contributed by atoms with Crippen LogP contribution >= 0.6 is 0 Å². The monoisotopic (exact) mass is 357 g/mol. The van der Waals surface area contributed by atoms with Crippen LogP contribution in [0, 0.1) is 19.7 Å². The maximum Gasteiger partial charge on any atom is 0.305 e. The maximum atomic E-state index is 13.6. The molecular formula is C19H20FN3O3. The molecule has 6 nitrogen and oxygen atoms in total. The SMILES string of the molecule is COC(=O)CCc1c(C)c2c(C)nn(-c3cccc(F)c3)c2n(C)c1=O. The van der Waals surface area contributed by atoms with Gasteiger partial charge in [0, 0.05) is 24.4 Å². The molecular weight excluding hydrogens is 337 g/mol. The summed E-state index contributed by atoms with van der Waals surface area (Å²) < 4.78 is 21.4. The summed E-state index contributed by atoms with van der Waals surface area (Å²) >= 11 is 0. The van der Waals surface area contributed by atoms with Crippen LogP contribution < -0.4 is 5.56 Å². The average molecular weight is 357 g/mol. The number of methoxy groups -OCH3 is 1. The maximum absolute atomic E-state index is 13.6. The van der Waals surface area contributed by atoms with E-state index in [1.54, 1.807) is 23.9 Å². The second-order valence-electron chi connectivity index (χ2n) is 6.22. The van der Waals surface area contributed by atoms with Gasteiger partial charge in [-0.3, -0.25) is 14.2 Å². The van der Waals surface area contributed by atoms with Gasteiger partial charge in [0.15, 0.2) is 0 Å². The highest BCUT2D eigenvalue weighted by Gasteiger charge is 2.20. The summed E-state index contributed by atoms with van der Waals surface area (Å²) in [6.07, 6.45) is 0.431. The molecule has 26 heavy (non-hydrogen) atoms. The zero-order chi connectivity index (χ0) is 19.0. The fourth-order valence-corrected chi connectivity index (χ4v) is 3.29. The molecule has 2 aromatic heterocycles. The molecule has 0 bridgehead atoms. The van der Waals surface area contributed by atoms with E-state index in [1.807, 2.05) is 13.8 Å². The Bertz CT molecular complexity index is 1070. The number of esters is 1. The first-order valence-corrected chi connectivity index (χ1v) is 8.25. The van der Waals surface area contributed by atoms with Gasteiger partial charge in [0.2, 0.25) is 0 Å². The van der Waals surface area contributed by atoms with Gasteiger partial charge >= 0.3 is 5.97 Å². The lowest BCUT2D eigenvalue weighted by atomic mass is 10.0. The quantitative estimate of drug-likeness (QED) is 0.673. The predicted molar refractivity (Wildman–Crippen MR) is 96.1 cm³/mol.